The Morgan fingerprint density at radius 3 is 2.62 bits per heavy atom. The first-order valence-corrected chi connectivity index (χ1v) is 7.56. The van der Waals surface area contributed by atoms with Crippen molar-refractivity contribution in [2.75, 3.05) is 7.05 Å². The average Bonchev–Trinajstić information content (AvgIpc) is 2.99. The molecule has 2 aromatic carbocycles. The van der Waals surface area contributed by atoms with E-state index in [2.05, 4.69) is 4.74 Å². The Morgan fingerprint density at radius 1 is 1.25 bits per heavy atom. The molecule has 1 amide bonds. The third-order valence-electron chi connectivity index (χ3n) is 3.87. The van der Waals surface area contributed by atoms with Crippen LogP contribution in [0.25, 0.3) is 0 Å². The maximum atomic E-state index is 12.5. The summed E-state index contributed by atoms with van der Waals surface area (Å²) in [6.45, 7) is -2.48. The van der Waals surface area contributed by atoms with Gasteiger partial charge in [0.1, 0.15) is 11.5 Å². The molecule has 0 aromatic heterocycles. The molecular weight excluding hydrogens is 316 g/mol. The first-order valence-electron chi connectivity index (χ1n) is 7.56. The van der Waals surface area contributed by atoms with E-state index in [9.17, 15) is 13.6 Å². The number of rotatable bonds is 5. The molecule has 0 saturated carbocycles. The van der Waals surface area contributed by atoms with Crippen LogP contribution in [0.4, 0.5) is 8.78 Å². The van der Waals surface area contributed by atoms with Gasteiger partial charge in [0, 0.05) is 20.0 Å². The van der Waals surface area contributed by atoms with Crippen molar-refractivity contribution in [1.29, 1.82) is 0 Å². The van der Waals surface area contributed by atoms with Gasteiger partial charge < -0.3 is 14.4 Å². The number of amides is 1. The summed E-state index contributed by atoms with van der Waals surface area (Å²) in [5.74, 6) is 0.731. The summed E-state index contributed by atoms with van der Waals surface area (Å²) in [7, 11) is 1.69. The van der Waals surface area contributed by atoms with Crippen molar-refractivity contribution in [3.63, 3.8) is 0 Å². The molecule has 1 unspecified atom stereocenters. The topological polar surface area (TPSA) is 38.8 Å². The minimum absolute atomic E-state index is 0.0947. The molecule has 4 nitrogen and oxygen atoms in total. The molecule has 0 spiro atoms. The molecule has 0 aliphatic carbocycles. The zero-order valence-electron chi connectivity index (χ0n) is 13.1. The summed E-state index contributed by atoms with van der Waals surface area (Å²) in [6, 6.07) is 13.8. The zero-order valence-corrected chi connectivity index (χ0v) is 13.1. The minimum Gasteiger partial charge on any atom is -0.480 e. The summed E-state index contributed by atoms with van der Waals surface area (Å²) in [5.41, 5.74) is 1.85. The average molecular weight is 333 g/mol. The fourth-order valence-corrected chi connectivity index (χ4v) is 2.69. The fourth-order valence-electron chi connectivity index (χ4n) is 2.69. The molecule has 1 aliphatic rings. The molecule has 0 fully saturated rings. The quantitative estimate of drug-likeness (QED) is 0.843. The number of hydrogen-bond acceptors (Lipinski definition) is 3. The molecule has 0 saturated heterocycles. The number of nitrogens with zero attached hydrogens (tertiary/aromatic N) is 1. The number of likely N-dealkylation sites (N-methyl/N-ethyl adjacent to an activating group) is 1. The normalized spacial score (nSPS) is 15.8. The SMILES string of the molecule is CN(Cc1ccc(OC(F)F)cc1)C(=O)C1Cc2ccccc2O1. The number of fused-ring (bicyclic) bond motifs is 1. The standard InChI is InChI=1S/C18H17F2NO3/c1-21(11-12-6-8-14(9-7-12)23-18(19)20)17(22)16-10-13-4-2-3-5-15(13)24-16/h2-9,16,18H,10-11H2,1H3. The highest BCUT2D eigenvalue weighted by Crippen LogP contribution is 2.29. The molecule has 3 rings (SSSR count). The van der Waals surface area contributed by atoms with Gasteiger partial charge >= 0.3 is 6.61 Å². The summed E-state index contributed by atoms with van der Waals surface area (Å²) >= 11 is 0. The lowest BCUT2D eigenvalue weighted by molar-refractivity contribution is -0.137. The molecule has 6 heteroatoms. The molecule has 1 atom stereocenters. The molecule has 24 heavy (non-hydrogen) atoms. The van der Waals surface area contributed by atoms with Gasteiger partial charge in [0.05, 0.1) is 0 Å². The van der Waals surface area contributed by atoms with Crippen LogP contribution in [0.15, 0.2) is 48.5 Å². The summed E-state index contributed by atoms with van der Waals surface area (Å²) < 4.78 is 34.3. The van der Waals surface area contributed by atoms with Crippen molar-refractivity contribution >= 4 is 5.91 Å². The van der Waals surface area contributed by atoms with Crippen LogP contribution < -0.4 is 9.47 Å². The van der Waals surface area contributed by atoms with Gasteiger partial charge in [-0.15, -0.1) is 0 Å². The van der Waals surface area contributed by atoms with Crippen LogP contribution in [-0.4, -0.2) is 30.6 Å². The van der Waals surface area contributed by atoms with Crippen LogP contribution in [0, 0.1) is 0 Å². The van der Waals surface area contributed by atoms with E-state index in [0.717, 1.165) is 16.9 Å². The molecule has 0 N–H and O–H groups in total. The highest BCUT2D eigenvalue weighted by molar-refractivity contribution is 5.82. The summed E-state index contributed by atoms with van der Waals surface area (Å²) in [6.07, 6.45) is 0.0365. The van der Waals surface area contributed by atoms with Gasteiger partial charge in [0.2, 0.25) is 0 Å². The number of carbonyl (C=O) groups excluding carboxylic acids is 1. The van der Waals surface area contributed by atoms with E-state index in [1.165, 1.54) is 12.1 Å². The predicted molar refractivity (Wildman–Crippen MR) is 84.1 cm³/mol. The first-order chi connectivity index (χ1) is 11.5. The molecule has 0 bridgehead atoms. The number of carbonyl (C=O) groups is 1. The number of halogens is 2. The van der Waals surface area contributed by atoms with Crippen LogP contribution >= 0.6 is 0 Å². The Morgan fingerprint density at radius 2 is 1.96 bits per heavy atom. The number of benzene rings is 2. The highest BCUT2D eigenvalue weighted by Gasteiger charge is 2.30. The van der Waals surface area contributed by atoms with Gasteiger partial charge in [0.25, 0.3) is 5.91 Å². The zero-order chi connectivity index (χ0) is 17.1. The molecule has 126 valence electrons. The van der Waals surface area contributed by atoms with Crippen molar-refractivity contribution in [1.82, 2.24) is 4.90 Å². The lowest BCUT2D eigenvalue weighted by atomic mass is 10.1. The van der Waals surface area contributed by atoms with Crippen molar-refractivity contribution in [2.24, 2.45) is 0 Å². The van der Waals surface area contributed by atoms with Crippen LogP contribution in [0.1, 0.15) is 11.1 Å². The Hall–Kier alpha value is -2.63. The van der Waals surface area contributed by atoms with Crippen LogP contribution in [0.2, 0.25) is 0 Å². The number of alkyl halides is 2. The molecule has 0 radical (unpaired) electrons. The third-order valence-corrected chi connectivity index (χ3v) is 3.87. The lowest BCUT2D eigenvalue weighted by Crippen LogP contribution is -2.38. The predicted octanol–water partition coefficient (Wildman–Crippen LogP) is 3.25. The highest BCUT2D eigenvalue weighted by atomic mass is 19.3. The van der Waals surface area contributed by atoms with Crippen LogP contribution in [0.3, 0.4) is 0 Å². The van der Waals surface area contributed by atoms with Crippen molar-refractivity contribution < 1.29 is 23.0 Å². The van der Waals surface area contributed by atoms with Gasteiger partial charge in [-0.05, 0) is 29.3 Å². The van der Waals surface area contributed by atoms with E-state index in [1.807, 2.05) is 24.3 Å². The fraction of sp³-hybridized carbons (Fsp3) is 0.278. The number of ether oxygens (including phenoxy) is 2. The second-order valence-corrected chi connectivity index (χ2v) is 5.64. The van der Waals surface area contributed by atoms with E-state index in [0.29, 0.717) is 13.0 Å². The molecular formula is C18H17F2NO3. The van der Waals surface area contributed by atoms with E-state index >= 15 is 0 Å². The van der Waals surface area contributed by atoms with Crippen molar-refractivity contribution in [3.05, 3.63) is 59.7 Å². The Kier molecular flexibility index (Phi) is 4.64. The lowest BCUT2D eigenvalue weighted by Gasteiger charge is -2.21. The summed E-state index contributed by atoms with van der Waals surface area (Å²) in [5, 5.41) is 0. The van der Waals surface area contributed by atoms with E-state index in [-0.39, 0.29) is 11.7 Å². The molecule has 1 aliphatic heterocycles. The van der Waals surface area contributed by atoms with Crippen molar-refractivity contribution in [2.45, 2.75) is 25.7 Å². The third kappa shape index (κ3) is 3.64. The van der Waals surface area contributed by atoms with Crippen LogP contribution in [-0.2, 0) is 17.8 Å². The molecule has 1 heterocycles. The second-order valence-electron chi connectivity index (χ2n) is 5.64. The number of para-hydroxylation sites is 1. The van der Waals surface area contributed by atoms with Gasteiger partial charge in [0.15, 0.2) is 6.10 Å². The van der Waals surface area contributed by atoms with Crippen LogP contribution in [0.5, 0.6) is 11.5 Å². The smallest absolute Gasteiger partial charge is 0.387 e. The van der Waals surface area contributed by atoms with E-state index in [4.69, 9.17) is 4.74 Å². The van der Waals surface area contributed by atoms with E-state index in [1.54, 1.807) is 24.1 Å². The Labute approximate surface area is 138 Å². The largest absolute Gasteiger partial charge is 0.480 e. The minimum atomic E-state index is -2.85. The van der Waals surface area contributed by atoms with E-state index < -0.39 is 12.7 Å². The monoisotopic (exact) mass is 333 g/mol. The maximum Gasteiger partial charge on any atom is 0.387 e. The Bertz CT molecular complexity index is 693. The second kappa shape index (κ2) is 6.86. The Balaban J connectivity index is 1.59. The number of hydrogen-bond donors (Lipinski definition) is 0. The van der Waals surface area contributed by atoms with Crippen molar-refractivity contribution in [3.8, 4) is 11.5 Å². The van der Waals surface area contributed by atoms with Gasteiger partial charge in [-0.3, -0.25) is 4.79 Å². The summed E-state index contributed by atoms with van der Waals surface area (Å²) in [4.78, 5) is 14.1. The molecule has 2 aromatic rings. The van der Waals surface area contributed by atoms with Gasteiger partial charge in [-0.2, -0.15) is 8.78 Å². The maximum absolute atomic E-state index is 12.5. The van der Waals surface area contributed by atoms with Gasteiger partial charge in [-0.25, -0.2) is 0 Å². The van der Waals surface area contributed by atoms with Gasteiger partial charge in [-0.1, -0.05) is 30.3 Å². The first kappa shape index (κ1) is 16.2.